The van der Waals surface area contributed by atoms with Crippen LogP contribution in [0.15, 0.2) is 113 Å². The Morgan fingerprint density at radius 2 is 1.05 bits per heavy atom. The summed E-state index contributed by atoms with van der Waals surface area (Å²) >= 11 is 0. The van der Waals surface area contributed by atoms with Gasteiger partial charge in [-0.25, -0.2) is 0 Å². The van der Waals surface area contributed by atoms with Crippen molar-refractivity contribution in [2.45, 2.75) is 5.51 Å². The van der Waals surface area contributed by atoms with Crippen LogP contribution in [0.1, 0.15) is 0 Å². The molecule has 0 aliphatic rings. The number of rotatable bonds is 8. The van der Waals surface area contributed by atoms with Crippen LogP contribution in [-0.2, 0) is 10.1 Å². The Bertz CT molecular complexity index is 2630. The summed E-state index contributed by atoms with van der Waals surface area (Å²) in [6.07, 6.45) is 1.65. The smallest absolute Gasteiger partial charge is 0.504 e. The molecule has 0 aliphatic heterocycles. The first kappa shape index (κ1) is 41.3. The molecule has 0 radical (unpaired) electrons. The number of aromatic hydroxyl groups is 1. The summed E-state index contributed by atoms with van der Waals surface area (Å²) in [5, 5.41) is 10.4. The van der Waals surface area contributed by atoms with Gasteiger partial charge in [-0.3, -0.25) is 14.4 Å². The van der Waals surface area contributed by atoms with E-state index in [2.05, 4.69) is 10.8 Å². The van der Waals surface area contributed by atoms with Crippen molar-refractivity contribution in [2.75, 3.05) is 63.6 Å². The molecular weight excluding hydrogens is 751 g/mol. The molecular formula is C37H36F3N3O11S. The molecule has 6 aromatic rings. The maximum atomic E-state index is 12.4. The van der Waals surface area contributed by atoms with E-state index in [9.17, 15) is 41.1 Å². The molecule has 6 rings (SSSR count). The fourth-order valence-corrected chi connectivity index (χ4v) is 5.04. The molecule has 0 aliphatic carbocycles. The van der Waals surface area contributed by atoms with Gasteiger partial charge in [0.25, 0.3) is 0 Å². The van der Waals surface area contributed by atoms with Crippen LogP contribution in [-0.4, -0.2) is 67.9 Å². The quantitative estimate of drug-likeness (QED) is 0.107. The third-order valence-corrected chi connectivity index (χ3v) is 8.26. The van der Waals surface area contributed by atoms with E-state index in [0.29, 0.717) is 40.5 Å². The highest BCUT2D eigenvalue weighted by atomic mass is 32.2. The number of para-hydroxylation sites is 3. The van der Waals surface area contributed by atoms with Gasteiger partial charge in [0.15, 0.2) is 67.9 Å². The van der Waals surface area contributed by atoms with Gasteiger partial charge < -0.3 is 42.0 Å². The Labute approximate surface area is 311 Å². The van der Waals surface area contributed by atoms with Crippen LogP contribution < -0.4 is 39.9 Å². The molecule has 0 fully saturated rings. The molecule has 3 aromatic heterocycles. The van der Waals surface area contributed by atoms with Gasteiger partial charge in [-0.15, -0.1) is 0 Å². The summed E-state index contributed by atoms with van der Waals surface area (Å²) in [6, 6.07) is 17.4. The monoisotopic (exact) mass is 787 g/mol. The summed E-state index contributed by atoms with van der Waals surface area (Å²) in [5.41, 5.74) is -6.05. The molecule has 0 spiro atoms. The van der Waals surface area contributed by atoms with Gasteiger partial charge in [0.2, 0.25) is 0 Å². The molecule has 0 saturated carbocycles. The Morgan fingerprint density at radius 3 is 1.47 bits per heavy atom. The van der Waals surface area contributed by atoms with Crippen molar-refractivity contribution in [3.8, 4) is 17.2 Å². The highest BCUT2D eigenvalue weighted by Gasteiger charge is 2.49. The van der Waals surface area contributed by atoms with Gasteiger partial charge in [-0.2, -0.15) is 21.6 Å². The minimum absolute atomic E-state index is 0.0201. The lowest BCUT2D eigenvalue weighted by molar-refractivity contribution is -0.0499. The lowest BCUT2D eigenvalue weighted by Crippen LogP contribution is -2.28. The van der Waals surface area contributed by atoms with Crippen LogP contribution in [0.5, 0.6) is 17.2 Å². The number of alkyl halides is 3. The summed E-state index contributed by atoms with van der Waals surface area (Å²) in [4.78, 5) is 40.3. The maximum Gasteiger partial charge on any atom is 0.534 e. The maximum absolute atomic E-state index is 12.4. The average molecular weight is 788 g/mol. The fourth-order valence-electron chi connectivity index (χ4n) is 4.58. The minimum Gasteiger partial charge on any atom is -0.504 e. The summed E-state index contributed by atoms with van der Waals surface area (Å²) in [7, 11) is 4.39. The second kappa shape index (κ2) is 16.7. The SMILES string of the molecule is C=CCOc1cccc2c(=O)cc(N(C)C)oc12.CN(C)c1cc(=O)c2cccc(O)c2o1.CN(C)c1cc(=O)c2cccc(OS(=O)(=O)C(F)(F)F)c2o1. The van der Waals surface area contributed by atoms with Crippen molar-refractivity contribution in [1.29, 1.82) is 0 Å². The average Bonchev–Trinajstić information content (AvgIpc) is 3.11. The van der Waals surface area contributed by atoms with Crippen molar-refractivity contribution in [3.63, 3.8) is 0 Å². The standard InChI is InChI=1S/C14H15NO3.C12H10F3NO5S.C11H11NO3/c1-4-8-17-12-7-5-6-10-11(16)9-13(15(2)3)18-14(10)12;1-16(2)10-6-8(17)7-4-3-5-9(11(7)20-10)21-22(18,19)12(13,14)15;1-12(2)10-6-9(14)7-4-3-5-8(13)11(7)15-10/h4-7,9H,1,8H2,2-3H3;3-6H,1-2H3;3-6,13H,1-2H3. The van der Waals surface area contributed by atoms with Crippen LogP contribution >= 0.6 is 0 Å². The second-order valence-corrected chi connectivity index (χ2v) is 13.6. The van der Waals surface area contributed by atoms with Crippen LogP contribution in [0.25, 0.3) is 32.9 Å². The highest BCUT2D eigenvalue weighted by Crippen LogP contribution is 2.32. The van der Waals surface area contributed by atoms with Crippen LogP contribution in [0.2, 0.25) is 0 Å². The molecule has 292 valence electrons. The number of nitrogens with zero attached hydrogens (tertiary/aromatic N) is 3. The lowest BCUT2D eigenvalue weighted by Gasteiger charge is -2.13. The normalized spacial score (nSPS) is 11.2. The van der Waals surface area contributed by atoms with Crippen LogP contribution in [0, 0.1) is 0 Å². The number of halogens is 3. The lowest BCUT2D eigenvalue weighted by atomic mass is 10.2. The number of hydrogen-bond acceptors (Lipinski definition) is 14. The Balaban J connectivity index is 0.000000187. The summed E-state index contributed by atoms with van der Waals surface area (Å²) in [5.74, 6) is 0.784. The van der Waals surface area contributed by atoms with Crippen LogP contribution in [0.3, 0.4) is 0 Å². The molecule has 55 heavy (non-hydrogen) atoms. The molecule has 3 heterocycles. The Hall–Kier alpha value is -6.43. The number of benzene rings is 3. The summed E-state index contributed by atoms with van der Waals surface area (Å²) < 4.78 is 85.3. The molecule has 0 unspecified atom stereocenters. The predicted octanol–water partition coefficient (Wildman–Crippen LogP) is 6.08. The van der Waals surface area contributed by atoms with E-state index in [4.69, 9.17) is 18.0 Å². The molecule has 0 amide bonds. The molecule has 14 nitrogen and oxygen atoms in total. The minimum atomic E-state index is -5.86. The number of anilines is 3. The van der Waals surface area contributed by atoms with E-state index >= 15 is 0 Å². The van der Waals surface area contributed by atoms with E-state index in [1.807, 2.05) is 14.1 Å². The van der Waals surface area contributed by atoms with E-state index in [-0.39, 0.29) is 39.0 Å². The molecule has 0 atom stereocenters. The second-order valence-electron chi connectivity index (χ2n) is 12.0. The number of hydrogen-bond donors (Lipinski definition) is 1. The van der Waals surface area contributed by atoms with Gasteiger partial charge in [0.1, 0.15) is 6.61 Å². The Morgan fingerprint density at radius 1 is 0.673 bits per heavy atom. The number of fused-ring (bicyclic) bond motifs is 3. The van der Waals surface area contributed by atoms with E-state index in [1.54, 1.807) is 74.4 Å². The zero-order chi connectivity index (χ0) is 40.8. The van der Waals surface area contributed by atoms with Gasteiger partial charge in [0.05, 0.1) is 16.2 Å². The van der Waals surface area contributed by atoms with Crippen molar-refractivity contribution in [1.82, 2.24) is 0 Å². The van der Waals surface area contributed by atoms with Crippen LogP contribution in [0.4, 0.5) is 30.8 Å². The van der Waals surface area contributed by atoms with Crippen molar-refractivity contribution < 1.29 is 48.9 Å². The Kier molecular flexibility index (Phi) is 12.6. The topological polar surface area (TPSA) is 173 Å². The first-order valence-electron chi connectivity index (χ1n) is 15.9. The van der Waals surface area contributed by atoms with E-state index in [1.165, 1.54) is 35.2 Å². The van der Waals surface area contributed by atoms with Gasteiger partial charge >= 0.3 is 15.6 Å². The van der Waals surface area contributed by atoms with Gasteiger partial charge in [0, 0.05) is 60.5 Å². The van der Waals surface area contributed by atoms with Crippen molar-refractivity contribution in [2.24, 2.45) is 0 Å². The van der Waals surface area contributed by atoms with Gasteiger partial charge in [-0.1, -0.05) is 30.9 Å². The first-order valence-corrected chi connectivity index (χ1v) is 17.3. The molecule has 3 aromatic carbocycles. The van der Waals surface area contributed by atoms with Crippen molar-refractivity contribution in [3.05, 3.63) is 116 Å². The number of phenols is 1. The largest absolute Gasteiger partial charge is 0.534 e. The molecule has 0 bridgehead atoms. The zero-order valence-corrected chi connectivity index (χ0v) is 31.1. The molecule has 18 heteroatoms. The van der Waals surface area contributed by atoms with E-state index in [0.717, 1.165) is 12.1 Å². The van der Waals surface area contributed by atoms with Gasteiger partial charge in [-0.05, 0) is 36.4 Å². The molecule has 1 N–H and O–H groups in total. The third kappa shape index (κ3) is 9.58. The third-order valence-electron chi connectivity index (χ3n) is 7.29. The molecule has 0 saturated heterocycles. The summed E-state index contributed by atoms with van der Waals surface area (Å²) in [6.45, 7) is 3.96. The number of ether oxygens (including phenoxy) is 1. The first-order chi connectivity index (χ1) is 25.7. The highest BCUT2D eigenvalue weighted by molar-refractivity contribution is 7.88. The van der Waals surface area contributed by atoms with E-state index < -0.39 is 26.8 Å². The zero-order valence-electron chi connectivity index (χ0n) is 30.3. The predicted molar refractivity (Wildman–Crippen MR) is 203 cm³/mol. The fraction of sp³-hybridized carbons (Fsp3) is 0.216. The van der Waals surface area contributed by atoms with Crippen molar-refractivity contribution >= 4 is 60.7 Å². The number of phenolic OH excluding ortho intramolecular Hbond substituents is 1.